The van der Waals surface area contributed by atoms with E-state index >= 15 is 0 Å². The summed E-state index contributed by atoms with van der Waals surface area (Å²) in [6.07, 6.45) is 11.4. The first kappa shape index (κ1) is 41.3. The number of hydrogen-bond acceptors (Lipinski definition) is 4. The zero-order chi connectivity index (χ0) is 33.3. The number of aryl methyl sites for hydroxylation is 1. The first-order chi connectivity index (χ1) is 21.2. The Kier molecular flexibility index (Phi) is 24.0. The largest absolute Gasteiger partial charge is 0.313 e. The molecule has 2 fully saturated rings. The molecular formula is C38H61F2N3O. The summed E-state index contributed by atoms with van der Waals surface area (Å²) < 4.78 is 26.8. The lowest BCUT2D eigenvalue weighted by Gasteiger charge is -2.25. The molecule has 0 unspecified atom stereocenters. The van der Waals surface area contributed by atoms with E-state index in [-0.39, 0.29) is 11.3 Å². The summed E-state index contributed by atoms with van der Waals surface area (Å²) >= 11 is 0. The van der Waals surface area contributed by atoms with Crippen LogP contribution in [-0.2, 0) is 19.4 Å². The van der Waals surface area contributed by atoms with Gasteiger partial charge in [-0.15, -0.1) is 0 Å². The van der Waals surface area contributed by atoms with E-state index in [0.717, 1.165) is 49.4 Å². The van der Waals surface area contributed by atoms with E-state index < -0.39 is 6.43 Å². The topological polar surface area (TPSA) is 76.8 Å². The molecule has 4 rings (SSSR count). The summed E-state index contributed by atoms with van der Waals surface area (Å²) in [5.74, 6) is 0.702. The summed E-state index contributed by atoms with van der Waals surface area (Å²) in [5, 5.41) is 17.1. The second-order valence-electron chi connectivity index (χ2n) is 11.3. The number of hydrogen-bond donors (Lipinski definition) is 3. The maximum atomic E-state index is 13.4. The Morgan fingerprint density at radius 2 is 1.59 bits per heavy atom. The number of halogens is 2. The van der Waals surface area contributed by atoms with Crippen LogP contribution >= 0.6 is 0 Å². The predicted octanol–water partition coefficient (Wildman–Crippen LogP) is 11.3. The molecule has 3 N–H and O–H groups in total. The minimum absolute atomic E-state index is 0.0212. The van der Waals surface area contributed by atoms with Crippen LogP contribution in [0.25, 0.3) is 0 Å². The van der Waals surface area contributed by atoms with E-state index in [9.17, 15) is 13.6 Å². The fourth-order valence-corrected chi connectivity index (χ4v) is 4.63. The molecule has 2 aliphatic carbocycles. The first-order valence-corrected chi connectivity index (χ1v) is 16.9. The van der Waals surface area contributed by atoms with Gasteiger partial charge in [0.2, 0.25) is 0 Å². The van der Waals surface area contributed by atoms with Gasteiger partial charge in [0.05, 0.1) is 0 Å². The molecule has 0 radical (unpaired) electrons. The molecule has 4 nitrogen and oxygen atoms in total. The zero-order valence-electron chi connectivity index (χ0n) is 28.8. The van der Waals surface area contributed by atoms with Crippen LogP contribution in [0.2, 0.25) is 0 Å². The molecule has 2 aliphatic rings. The molecule has 0 atom stereocenters. The highest BCUT2D eigenvalue weighted by Crippen LogP contribution is 2.29. The van der Waals surface area contributed by atoms with Gasteiger partial charge in [0.25, 0.3) is 6.43 Å². The van der Waals surface area contributed by atoms with Crippen molar-refractivity contribution in [1.29, 1.82) is 10.8 Å². The van der Waals surface area contributed by atoms with Gasteiger partial charge in [0.1, 0.15) is 0 Å². The summed E-state index contributed by atoms with van der Waals surface area (Å²) in [6.45, 7) is 15.1. The van der Waals surface area contributed by atoms with Crippen molar-refractivity contribution in [1.82, 2.24) is 5.32 Å². The first-order valence-electron chi connectivity index (χ1n) is 16.9. The molecule has 248 valence electrons. The summed E-state index contributed by atoms with van der Waals surface area (Å²) in [5.41, 5.74) is 5.20. The van der Waals surface area contributed by atoms with E-state index in [2.05, 4.69) is 43.4 Å². The summed E-state index contributed by atoms with van der Waals surface area (Å²) in [4.78, 5) is 12.3. The average Bonchev–Trinajstić information content (AvgIpc) is 3.86. The Balaban J connectivity index is 0.000000734. The second-order valence-corrected chi connectivity index (χ2v) is 11.3. The van der Waals surface area contributed by atoms with Crippen molar-refractivity contribution in [2.75, 3.05) is 6.54 Å². The van der Waals surface area contributed by atoms with Crippen LogP contribution in [0, 0.1) is 23.7 Å². The van der Waals surface area contributed by atoms with Gasteiger partial charge < -0.3 is 16.1 Å². The number of Topliss-reactive ketones (excluding diaryl/α,β-unsaturated/α-hetero) is 1. The average molecular weight is 614 g/mol. The highest BCUT2D eigenvalue weighted by atomic mass is 19.3. The van der Waals surface area contributed by atoms with Crippen molar-refractivity contribution in [2.45, 2.75) is 138 Å². The maximum Gasteiger partial charge on any atom is 0.264 e. The highest BCUT2D eigenvalue weighted by molar-refractivity contribution is 5.98. The van der Waals surface area contributed by atoms with Crippen LogP contribution in [0.1, 0.15) is 150 Å². The molecule has 0 saturated heterocycles. The highest BCUT2D eigenvalue weighted by Gasteiger charge is 2.21. The predicted molar refractivity (Wildman–Crippen MR) is 186 cm³/mol. The molecule has 0 spiro atoms. The Labute approximate surface area is 267 Å². The third-order valence-electron chi connectivity index (χ3n) is 7.10. The fraction of sp³-hybridized carbons (Fsp3) is 0.605. The number of nitrogens with one attached hydrogen (secondary N) is 3. The van der Waals surface area contributed by atoms with Gasteiger partial charge in [0.15, 0.2) is 5.78 Å². The lowest BCUT2D eigenvalue weighted by molar-refractivity contribution is 0.0980. The smallest absolute Gasteiger partial charge is 0.264 e. The van der Waals surface area contributed by atoms with Gasteiger partial charge in [-0.2, -0.15) is 0 Å². The maximum absolute atomic E-state index is 13.4. The zero-order valence-corrected chi connectivity index (χ0v) is 28.8. The van der Waals surface area contributed by atoms with E-state index in [4.69, 9.17) is 10.8 Å². The second kappa shape index (κ2) is 25.6. The van der Waals surface area contributed by atoms with Gasteiger partial charge in [0, 0.05) is 36.2 Å². The van der Waals surface area contributed by atoms with Crippen molar-refractivity contribution < 1.29 is 13.6 Å². The molecule has 2 aromatic carbocycles. The number of benzene rings is 2. The Bertz CT molecular complexity index is 1070. The summed E-state index contributed by atoms with van der Waals surface area (Å²) in [7, 11) is 0. The van der Waals surface area contributed by atoms with Gasteiger partial charge in [-0.1, -0.05) is 96.6 Å². The van der Waals surface area contributed by atoms with Crippen molar-refractivity contribution in [3.8, 4) is 0 Å². The van der Waals surface area contributed by atoms with Crippen molar-refractivity contribution in [3.63, 3.8) is 0 Å². The molecule has 0 heterocycles. The van der Waals surface area contributed by atoms with Crippen LogP contribution in [0.5, 0.6) is 0 Å². The standard InChI is InChI=1S/C19H27F2NO.C12H17N.C3H6.C2H5N.C2H6/c1-3-6-18(23)16-9-14(12-22-11-13-7-5-8-13)10-17(19(20)21)15(16)4-2;1-3-5-12(13)9-11-7-4-6-10(2)8-11;1-2-3-1;1-2-3;1-2/h9-10,13,19,22H,3-8,11-12H2,1-2H3;4,6-8,13H,3,5,9H2,1-2H3;1-3H2;2-3H,1H3;1-2H3. The number of carbonyl (C=O) groups is 1. The molecule has 2 saturated carbocycles. The SMILES string of the molecule is C1CC1.CC.CC=N.CCCC(=N)Cc1cccc(C)c1.CCCC(=O)c1cc(CNCC2CCC2)cc(C(F)F)c1CC. The minimum atomic E-state index is -2.54. The molecule has 6 heteroatoms. The fourth-order valence-electron chi connectivity index (χ4n) is 4.63. The van der Waals surface area contributed by atoms with E-state index in [1.54, 1.807) is 13.0 Å². The minimum Gasteiger partial charge on any atom is -0.313 e. The lowest BCUT2D eigenvalue weighted by Crippen LogP contribution is -2.27. The van der Waals surface area contributed by atoms with Crippen LogP contribution in [-0.4, -0.2) is 24.3 Å². The molecule has 2 aromatic rings. The monoisotopic (exact) mass is 613 g/mol. The Morgan fingerprint density at radius 1 is 0.977 bits per heavy atom. The molecule has 44 heavy (non-hydrogen) atoms. The van der Waals surface area contributed by atoms with Crippen molar-refractivity contribution in [3.05, 3.63) is 69.8 Å². The van der Waals surface area contributed by atoms with Crippen LogP contribution < -0.4 is 5.32 Å². The Hall–Kier alpha value is -2.73. The third-order valence-corrected chi connectivity index (χ3v) is 7.10. The normalized spacial score (nSPS) is 12.9. The quantitative estimate of drug-likeness (QED) is 0.155. The van der Waals surface area contributed by atoms with Crippen molar-refractivity contribution >= 4 is 17.7 Å². The summed E-state index contributed by atoms with van der Waals surface area (Å²) in [6, 6.07) is 11.8. The molecule has 0 aliphatic heterocycles. The van der Waals surface area contributed by atoms with Gasteiger partial charge in [-0.3, -0.25) is 4.79 Å². The van der Waals surface area contributed by atoms with E-state index in [0.29, 0.717) is 30.5 Å². The molecule has 0 bridgehead atoms. The molecule has 0 aromatic heterocycles. The third kappa shape index (κ3) is 18.2. The number of carbonyl (C=O) groups excluding carboxylic acids is 1. The number of alkyl halides is 2. The van der Waals surface area contributed by atoms with Crippen LogP contribution in [0.15, 0.2) is 36.4 Å². The van der Waals surface area contributed by atoms with Crippen LogP contribution in [0.3, 0.4) is 0 Å². The number of ketones is 1. The van der Waals surface area contributed by atoms with E-state index in [1.807, 2.05) is 33.8 Å². The van der Waals surface area contributed by atoms with Gasteiger partial charge in [-0.05, 0) is 93.5 Å². The van der Waals surface area contributed by atoms with Gasteiger partial charge >= 0.3 is 0 Å². The Morgan fingerprint density at radius 3 is 2.05 bits per heavy atom. The van der Waals surface area contributed by atoms with Gasteiger partial charge in [-0.25, -0.2) is 8.78 Å². The molecule has 0 amide bonds. The number of rotatable bonds is 13. The molecular weight excluding hydrogens is 552 g/mol. The van der Waals surface area contributed by atoms with E-state index in [1.165, 1.54) is 55.9 Å². The van der Waals surface area contributed by atoms with Crippen molar-refractivity contribution in [2.24, 2.45) is 5.92 Å². The lowest BCUT2D eigenvalue weighted by atomic mass is 9.85. The van der Waals surface area contributed by atoms with Crippen LogP contribution in [0.4, 0.5) is 8.78 Å².